The van der Waals surface area contributed by atoms with Gasteiger partial charge in [0.25, 0.3) is 0 Å². The summed E-state index contributed by atoms with van der Waals surface area (Å²) in [6.07, 6.45) is 3.00. The Hall–Kier alpha value is 0.243. The van der Waals surface area contributed by atoms with E-state index >= 15 is 0 Å². The Morgan fingerprint density at radius 2 is 2.17 bits per heavy atom. The van der Waals surface area contributed by atoms with Gasteiger partial charge in [-0.05, 0) is 13.0 Å². The normalized spacial score (nSPS) is 13.6. The third-order valence-electron chi connectivity index (χ3n) is 1.39. The van der Waals surface area contributed by atoms with E-state index in [2.05, 4.69) is 5.10 Å². The van der Waals surface area contributed by atoms with Crippen molar-refractivity contribution in [3.63, 3.8) is 0 Å². The number of aromatic nitrogens is 2. The van der Waals surface area contributed by atoms with E-state index in [1.54, 1.807) is 6.07 Å². The van der Waals surface area contributed by atoms with Crippen LogP contribution in [0.4, 0.5) is 0 Å². The average molecular weight is 267 g/mol. The first kappa shape index (κ1) is 12.2. The predicted octanol–water partition coefficient (Wildman–Crippen LogP) is 0.577. The summed E-state index contributed by atoms with van der Waals surface area (Å²) in [4.78, 5) is 17.4. The van der Waals surface area contributed by atoms with Crippen LogP contribution in [0.15, 0.2) is 18.5 Å². The molecule has 0 radical (unpaired) electrons. The number of nitrogens with zero attached hydrogens (tertiary/aromatic N) is 2. The first-order valence-corrected chi connectivity index (χ1v) is 4.74. The molecule has 1 atom stereocenters. The van der Waals surface area contributed by atoms with Crippen LogP contribution in [-0.4, -0.2) is 19.6 Å². The molecule has 1 aromatic heterocycles. The summed E-state index contributed by atoms with van der Waals surface area (Å²) in [5.74, 6) is -0.877. The molecule has 0 amide bonds. The molecule has 0 aliphatic carbocycles. The van der Waals surface area contributed by atoms with Crippen molar-refractivity contribution in [3.05, 3.63) is 18.5 Å². The predicted molar refractivity (Wildman–Crippen MR) is 39.0 cm³/mol. The Morgan fingerprint density at radius 1 is 1.58 bits per heavy atom. The van der Waals surface area contributed by atoms with Crippen molar-refractivity contribution in [1.29, 1.82) is 0 Å². The maximum Gasteiger partial charge on any atom is 0.349 e. The number of hydrogen-bond donors (Lipinski definition) is 2. The van der Waals surface area contributed by atoms with E-state index in [9.17, 15) is 4.57 Å². The van der Waals surface area contributed by atoms with Crippen molar-refractivity contribution in [2.24, 2.45) is 0 Å². The fraction of sp³-hybridized carbons (Fsp3) is 0.400. The molecule has 1 rings (SSSR count). The Bertz CT molecular complexity index is 270. The molecule has 1 unspecified atom stereocenters. The molecule has 66 valence electrons. The molecule has 0 fully saturated rings. The quantitative estimate of drug-likeness (QED) is 0.768. The van der Waals surface area contributed by atoms with Gasteiger partial charge in [0.15, 0.2) is 5.78 Å². The van der Waals surface area contributed by atoms with E-state index in [1.165, 1.54) is 24.0 Å². The number of hydrogen-bond acceptors (Lipinski definition) is 2. The van der Waals surface area contributed by atoms with Crippen LogP contribution < -0.4 is 0 Å². The van der Waals surface area contributed by atoms with Gasteiger partial charge in [0, 0.05) is 38.6 Å². The van der Waals surface area contributed by atoms with E-state index in [0.717, 1.165) is 0 Å². The smallest absolute Gasteiger partial charge is 0.323 e. The van der Waals surface area contributed by atoms with E-state index in [4.69, 9.17) is 9.79 Å². The molecule has 0 bridgehead atoms. The van der Waals surface area contributed by atoms with Crippen molar-refractivity contribution in [2.45, 2.75) is 12.7 Å². The Balaban J connectivity index is 0.00000121. The molecule has 7 heteroatoms. The zero-order valence-corrected chi connectivity index (χ0v) is 9.81. The van der Waals surface area contributed by atoms with Crippen LogP contribution in [0.1, 0.15) is 12.7 Å². The van der Waals surface area contributed by atoms with Crippen LogP contribution in [0.5, 0.6) is 0 Å². The van der Waals surface area contributed by atoms with Gasteiger partial charge >= 0.3 is 7.60 Å². The average Bonchev–Trinajstić information content (AvgIpc) is 2.34. The first-order chi connectivity index (χ1) is 5.02. The van der Waals surface area contributed by atoms with Crippen molar-refractivity contribution in [2.75, 3.05) is 0 Å². The molecule has 0 aromatic carbocycles. The summed E-state index contributed by atoms with van der Waals surface area (Å²) in [6, 6.07) is 1.62. The third kappa shape index (κ3) is 2.94. The fourth-order valence-corrected chi connectivity index (χ4v) is 1.10. The van der Waals surface area contributed by atoms with Gasteiger partial charge in [0.05, 0.1) is 0 Å². The van der Waals surface area contributed by atoms with Crippen LogP contribution in [-0.2, 0) is 30.8 Å². The van der Waals surface area contributed by atoms with Crippen molar-refractivity contribution >= 4 is 7.60 Å². The molecule has 2 N–H and O–H groups in total. The van der Waals surface area contributed by atoms with Gasteiger partial charge < -0.3 is 9.79 Å². The molecule has 1 aromatic rings. The maximum atomic E-state index is 10.7. The van der Waals surface area contributed by atoms with E-state index in [1.807, 2.05) is 0 Å². The zero-order valence-electron chi connectivity index (χ0n) is 6.45. The van der Waals surface area contributed by atoms with E-state index in [-0.39, 0.29) is 26.2 Å². The van der Waals surface area contributed by atoms with Gasteiger partial charge in [-0.2, -0.15) is 5.10 Å². The third-order valence-corrected chi connectivity index (χ3v) is 2.60. The Kier molecular flexibility index (Phi) is 4.56. The molecule has 0 saturated carbocycles. The summed E-state index contributed by atoms with van der Waals surface area (Å²) in [5.41, 5.74) is 0. The second-order valence-electron chi connectivity index (χ2n) is 2.21. The van der Waals surface area contributed by atoms with Crippen molar-refractivity contribution in [1.82, 2.24) is 9.78 Å². The topological polar surface area (TPSA) is 75.4 Å². The van der Waals surface area contributed by atoms with Gasteiger partial charge in [0.2, 0.25) is 0 Å². The van der Waals surface area contributed by atoms with Crippen LogP contribution >= 0.6 is 7.60 Å². The SMILES string of the molecule is CC(n1cccn1)P(=O)(O)O.[Zr]. The molecule has 0 aliphatic heterocycles. The summed E-state index contributed by atoms with van der Waals surface area (Å²) >= 11 is 0. The second kappa shape index (κ2) is 4.47. The largest absolute Gasteiger partial charge is 0.349 e. The summed E-state index contributed by atoms with van der Waals surface area (Å²) in [6.45, 7) is 1.42. The van der Waals surface area contributed by atoms with Gasteiger partial charge in [-0.3, -0.25) is 9.25 Å². The van der Waals surface area contributed by atoms with Crippen LogP contribution in [0.25, 0.3) is 0 Å². The van der Waals surface area contributed by atoms with Crippen LogP contribution in [0.2, 0.25) is 0 Å². The van der Waals surface area contributed by atoms with Crippen molar-refractivity contribution in [3.8, 4) is 0 Å². The molecular weight excluding hydrogens is 258 g/mol. The zero-order chi connectivity index (χ0) is 8.48. The second-order valence-corrected chi connectivity index (χ2v) is 4.13. The van der Waals surface area contributed by atoms with Gasteiger partial charge in [-0.1, -0.05) is 0 Å². The molecule has 12 heavy (non-hydrogen) atoms. The molecular formula is C5H9N2O3PZr. The Labute approximate surface area is 89.1 Å². The van der Waals surface area contributed by atoms with Crippen LogP contribution in [0.3, 0.4) is 0 Å². The Morgan fingerprint density at radius 3 is 2.50 bits per heavy atom. The molecule has 0 spiro atoms. The van der Waals surface area contributed by atoms with E-state index < -0.39 is 13.4 Å². The molecule has 1 heterocycles. The molecule has 0 saturated heterocycles. The van der Waals surface area contributed by atoms with E-state index in [0.29, 0.717) is 0 Å². The van der Waals surface area contributed by atoms with Crippen molar-refractivity contribution < 1.29 is 40.6 Å². The standard InChI is InChI=1S/C5H9N2O3P.Zr/c1-5(11(8,9)10)7-4-2-3-6-7;/h2-5H,1H3,(H2,8,9,10);. The van der Waals surface area contributed by atoms with Gasteiger partial charge in [-0.15, -0.1) is 0 Å². The fourth-order valence-electron chi connectivity index (χ4n) is 0.656. The minimum Gasteiger partial charge on any atom is -0.323 e. The summed E-state index contributed by atoms with van der Waals surface area (Å²) in [7, 11) is -4.05. The number of rotatable bonds is 2. The van der Waals surface area contributed by atoms with Gasteiger partial charge in [0.1, 0.15) is 0 Å². The van der Waals surface area contributed by atoms with Crippen LogP contribution in [0, 0.1) is 0 Å². The first-order valence-electron chi connectivity index (χ1n) is 3.06. The molecule has 0 aliphatic rings. The minimum absolute atomic E-state index is 0. The monoisotopic (exact) mass is 266 g/mol. The summed E-state index contributed by atoms with van der Waals surface area (Å²) in [5, 5.41) is 3.71. The maximum absolute atomic E-state index is 10.7. The minimum atomic E-state index is -4.05. The summed E-state index contributed by atoms with van der Waals surface area (Å²) < 4.78 is 11.9. The molecule has 5 nitrogen and oxygen atoms in total. The van der Waals surface area contributed by atoms with Gasteiger partial charge in [-0.25, -0.2) is 0 Å².